The van der Waals surface area contributed by atoms with Gasteiger partial charge in [-0.15, -0.1) is 0 Å². The van der Waals surface area contributed by atoms with Crippen molar-refractivity contribution < 1.29 is 23.9 Å². The van der Waals surface area contributed by atoms with E-state index in [0.717, 1.165) is 46.0 Å². The Morgan fingerprint density at radius 2 is 1.72 bits per heavy atom. The molecule has 1 fully saturated rings. The number of oxazole rings is 1. The smallest absolute Gasteiger partial charge is 0.419 e. The Balaban J connectivity index is 1.09. The number of amides is 1. The minimum atomic E-state index is -2.27. The molecule has 1 aliphatic rings. The first kappa shape index (κ1) is 42.6. The van der Waals surface area contributed by atoms with Gasteiger partial charge in [-0.25, -0.2) is 9.59 Å². The van der Waals surface area contributed by atoms with Crippen LogP contribution in [0.25, 0.3) is 33.1 Å². The lowest BCUT2D eigenvalue weighted by molar-refractivity contribution is 0.181. The number of nitrogens with one attached hydrogen (secondary N) is 2. The van der Waals surface area contributed by atoms with E-state index in [-0.39, 0.29) is 34.5 Å². The van der Waals surface area contributed by atoms with Crippen molar-refractivity contribution >= 4 is 42.1 Å². The van der Waals surface area contributed by atoms with Crippen molar-refractivity contribution in [1.29, 1.82) is 0 Å². The topological polar surface area (TPSA) is 176 Å². The van der Waals surface area contributed by atoms with Gasteiger partial charge in [0, 0.05) is 48.7 Å². The summed E-state index contributed by atoms with van der Waals surface area (Å²) in [6.07, 6.45) is 2.90. The van der Waals surface area contributed by atoms with Crippen molar-refractivity contribution in [3.05, 3.63) is 129 Å². The number of aromatic hydroxyl groups is 1. The molecule has 0 aliphatic heterocycles. The number of aryl methyl sites for hydroxylation is 2. The Kier molecular flexibility index (Phi) is 12.5. The highest BCUT2D eigenvalue weighted by atomic mass is 28.4. The van der Waals surface area contributed by atoms with Crippen molar-refractivity contribution in [1.82, 2.24) is 14.9 Å². The van der Waals surface area contributed by atoms with Crippen molar-refractivity contribution in [2.45, 2.75) is 109 Å². The van der Waals surface area contributed by atoms with Crippen LogP contribution in [-0.4, -0.2) is 52.8 Å². The third-order valence-corrected chi connectivity index (χ3v) is 16.9. The maximum Gasteiger partial charge on any atom is 0.419 e. The summed E-state index contributed by atoms with van der Waals surface area (Å²) < 4.78 is 14.3. The molecular formula is C47H57N5O7Si. The van der Waals surface area contributed by atoms with Crippen LogP contribution < -0.4 is 27.3 Å². The average molecular weight is 832 g/mol. The molecule has 2 heterocycles. The molecule has 0 unspecified atom stereocenters. The van der Waals surface area contributed by atoms with Gasteiger partial charge in [0.1, 0.15) is 5.75 Å². The maximum absolute atomic E-state index is 13.2. The first-order valence-electron chi connectivity index (χ1n) is 20.9. The molecule has 2 aromatic heterocycles. The number of H-pyrrole nitrogens is 1. The molecule has 7 rings (SSSR count). The molecule has 316 valence electrons. The molecular weight excluding hydrogens is 775 g/mol. The number of carboxylic acid groups (broad SMARTS) is 1. The van der Waals surface area contributed by atoms with E-state index in [1.807, 2.05) is 72.8 Å². The van der Waals surface area contributed by atoms with E-state index in [2.05, 4.69) is 44.2 Å². The van der Waals surface area contributed by atoms with Crippen LogP contribution in [-0.2, 0) is 23.9 Å². The number of hydrogen-bond donors (Lipinski definition) is 5. The Labute approximate surface area is 351 Å². The highest BCUT2D eigenvalue weighted by Crippen LogP contribution is 2.41. The Morgan fingerprint density at radius 1 is 0.983 bits per heavy atom. The first-order valence-corrected chi connectivity index (χ1v) is 23.8. The Hall–Kier alpha value is -5.47. The molecule has 60 heavy (non-hydrogen) atoms. The second kappa shape index (κ2) is 17.6. The van der Waals surface area contributed by atoms with Gasteiger partial charge in [0.15, 0.2) is 13.9 Å². The monoisotopic (exact) mass is 831 g/mol. The van der Waals surface area contributed by atoms with Gasteiger partial charge >= 0.3 is 11.8 Å². The summed E-state index contributed by atoms with van der Waals surface area (Å²) in [4.78, 5) is 42.5. The fraction of sp³-hybridized carbons (Fsp3) is 0.383. The number of pyridine rings is 1. The minimum absolute atomic E-state index is 0.00104. The predicted octanol–water partition coefficient (Wildman–Crippen LogP) is 9.05. The zero-order valence-corrected chi connectivity index (χ0v) is 36.2. The number of fused-ring (bicyclic) bond motifs is 2. The molecule has 1 amide bonds. The van der Waals surface area contributed by atoms with E-state index >= 15 is 0 Å². The molecule has 0 radical (unpaired) electrons. The Bertz CT molecular complexity index is 2590. The summed E-state index contributed by atoms with van der Waals surface area (Å²) >= 11 is 0. The second-order valence-corrected chi connectivity index (χ2v) is 22.4. The summed E-state index contributed by atoms with van der Waals surface area (Å²) in [5.41, 5.74) is 12.8. The summed E-state index contributed by atoms with van der Waals surface area (Å²) in [5.74, 6) is -0.427. The second-order valence-electron chi connectivity index (χ2n) is 17.6. The predicted molar refractivity (Wildman–Crippen MR) is 240 cm³/mol. The summed E-state index contributed by atoms with van der Waals surface area (Å²) in [5, 5.41) is 25.4. The molecule has 6 aromatic rings. The number of phenols is 1. The number of anilines is 1. The van der Waals surface area contributed by atoms with E-state index < -0.39 is 20.2 Å². The van der Waals surface area contributed by atoms with Crippen LogP contribution in [0.2, 0.25) is 18.1 Å². The molecule has 1 aliphatic carbocycles. The largest absolute Gasteiger partial charge is 0.506 e. The van der Waals surface area contributed by atoms with Crippen LogP contribution in [0, 0.1) is 0 Å². The van der Waals surface area contributed by atoms with Gasteiger partial charge in [-0.05, 0) is 109 Å². The quantitative estimate of drug-likeness (QED) is 0.0671. The molecule has 1 saturated carbocycles. The number of rotatable bonds is 14. The van der Waals surface area contributed by atoms with Gasteiger partial charge in [-0.2, -0.15) is 0 Å². The highest BCUT2D eigenvalue weighted by Gasteiger charge is 2.40. The van der Waals surface area contributed by atoms with Gasteiger partial charge in [0.25, 0.3) is 0 Å². The Morgan fingerprint density at radius 3 is 2.43 bits per heavy atom. The third kappa shape index (κ3) is 9.29. The van der Waals surface area contributed by atoms with Crippen molar-refractivity contribution in [3.63, 3.8) is 0 Å². The van der Waals surface area contributed by atoms with Gasteiger partial charge in [0.2, 0.25) is 5.56 Å². The van der Waals surface area contributed by atoms with Crippen LogP contribution in [0.5, 0.6) is 5.75 Å². The maximum atomic E-state index is 13.2. The van der Waals surface area contributed by atoms with Crippen LogP contribution in [0.1, 0.15) is 75.7 Å². The molecule has 0 spiro atoms. The average Bonchev–Trinajstić information content (AvgIpc) is 3.52. The number of hydrogen-bond acceptors (Lipinski definition) is 8. The van der Waals surface area contributed by atoms with E-state index in [4.69, 9.17) is 14.6 Å². The molecule has 0 saturated heterocycles. The fourth-order valence-electron chi connectivity index (χ4n) is 8.12. The van der Waals surface area contributed by atoms with Crippen molar-refractivity contribution in [3.8, 4) is 16.9 Å². The van der Waals surface area contributed by atoms with E-state index in [9.17, 15) is 24.6 Å². The SMILES string of the molecule is CC(C)(C)[Si](C)(C)O[C@@H](CNCc1ccc2oc(=O)n(CCCc3ccc(-c4ccccc4)c(N(C(=O)O)C4CCC(N)CC4)c3)c2c1)c1ccc(O)c2[nH]c(=O)ccc12. The van der Waals surface area contributed by atoms with E-state index in [0.29, 0.717) is 67.6 Å². The number of aromatic nitrogens is 2. The molecule has 4 aromatic carbocycles. The van der Waals surface area contributed by atoms with Crippen molar-refractivity contribution in [2.75, 3.05) is 11.4 Å². The molecule has 6 N–H and O–H groups in total. The highest BCUT2D eigenvalue weighted by molar-refractivity contribution is 6.74. The van der Waals surface area contributed by atoms with Gasteiger partial charge in [-0.1, -0.05) is 75.4 Å². The normalized spacial score (nSPS) is 16.6. The minimum Gasteiger partial charge on any atom is -0.506 e. The summed E-state index contributed by atoms with van der Waals surface area (Å²) in [6.45, 7) is 12.3. The lowest BCUT2D eigenvalue weighted by Crippen LogP contribution is -2.44. The van der Waals surface area contributed by atoms with Crippen LogP contribution in [0.3, 0.4) is 0 Å². The lowest BCUT2D eigenvalue weighted by Gasteiger charge is -2.39. The third-order valence-electron chi connectivity index (χ3n) is 12.5. The standard InChI is InChI=1S/C47H57N5O7Si/c1-47(2,3)60(4,5)59-42(36-20-22-40(53)44-37(36)21-24-43(54)50-44)29-49-28-31-14-23-41-39(27-31)51(46(57)58-41)25-9-10-30-13-19-35(32-11-7-6-8-12-32)38(26-30)52(45(55)56)34-17-15-33(48)16-18-34/h6-8,11-14,19-24,26-27,33-34,42,49,53H,9-10,15-18,25,28-29,48H2,1-5H3,(H,50,54)(H,55,56)/t33?,34?,42-/m0/s1. The van der Waals surface area contributed by atoms with Crippen molar-refractivity contribution in [2.24, 2.45) is 5.73 Å². The van der Waals surface area contributed by atoms with Gasteiger partial charge < -0.3 is 35.1 Å². The number of benzene rings is 4. The zero-order valence-electron chi connectivity index (χ0n) is 35.2. The number of aromatic amines is 1. The molecule has 0 bridgehead atoms. The van der Waals surface area contributed by atoms with Crippen LogP contribution in [0.15, 0.2) is 105 Å². The number of nitrogens with two attached hydrogens (primary N) is 1. The molecule has 13 heteroatoms. The lowest BCUT2D eigenvalue weighted by atomic mass is 9.89. The summed E-state index contributed by atoms with van der Waals surface area (Å²) in [6, 6.07) is 28.2. The zero-order chi connectivity index (χ0) is 42.8. The van der Waals surface area contributed by atoms with E-state index in [1.54, 1.807) is 16.7 Å². The van der Waals surface area contributed by atoms with Crippen LogP contribution >= 0.6 is 0 Å². The van der Waals surface area contributed by atoms with Gasteiger partial charge in [0.05, 0.1) is 22.8 Å². The number of phenolic OH excluding ortho intramolecular Hbond substituents is 1. The van der Waals surface area contributed by atoms with Crippen LogP contribution in [0.4, 0.5) is 10.5 Å². The summed E-state index contributed by atoms with van der Waals surface area (Å²) in [7, 11) is -2.27. The fourth-order valence-corrected chi connectivity index (χ4v) is 9.39. The van der Waals surface area contributed by atoms with E-state index in [1.165, 1.54) is 11.0 Å². The molecule has 12 nitrogen and oxygen atoms in total. The van der Waals surface area contributed by atoms with Gasteiger partial charge in [-0.3, -0.25) is 14.3 Å². The number of nitrogens with zero attached hydrogens (tertiary/aromatic N) is 2. The molecule has 1 atom stereocenters. The number of carbonyl (C=O) groups is 1. The first-order chi connectivity index (χ1) is 28.6.